The zero-order chi connectivity index (χ0) is 21.8. The Labute approximate surface area is 196 Å². The van der Waals surface area contributed by atoms with E-state index in [1.807, 2.05) is 12.4 Å². The molecule has 0 N–H and O–H groups in total. The van der Waals surface area contributed by atoms with Gasteiger partial charge in [-0.1, -0.05) is 0 Å². The second-order valence-electron chi connectivity index (χ2n) is 10.8. The van der Waals surface area contributed by atoms with Gasteiger partial charge in [0.15, 0.2) is 0 Å². The van der Waals surface area contributed by atoms with Gasteiger partial charge in [-0.25, -0.2) is 0 Å². The van der Waals surface area contributed by atoms with Gasteiger partial charge in [0.25, 0.3) is 0 Å². The summed E-state index contributed by atoms with van der Waals surface area (Å²) in [6.07, 6.45) is 8.32. The standard InChI is InChI=1S/C24H26GeN2S2Si2/c1-30(2,3)21-11-17-23(28-21)24-18(12-22(29-24)31(4,5)6)25(17)19-13-26-9-7-15(19)16-8-10-27-14-20(16)25/h7-14H,1-6H3. The van der Waals surface area contributed by atoms with Gasteiger partial charge in [0.2, 0.25) is 0 Å². The predicted octanol–water partition coefficient (Wildman–Crippen LogP) is 3.03. The third kappa shape index (κ3) is 2.60. The molecule has 0 aliphatic carbocycles. The van der Waals surface area contributed by atoms with Crippen LogP contribution in [0.25, 0.3) is 20.9 Å². The van der Waals surface area contributed by atoms with Gasteiger partial charge in [-0.3, -0.25) is 0 Å². The van der Waals surface area contributed by atoms with E-state index in [0.717, 1.165) is 0 Å². The summed E-state index contributed by atoms with van der Waals surface area (Å²) in [5.74, 6) is 0. The molecule has 0 radical (unpaired) electrons. The van der Waals surface area contributed by atoms with Gasteiger partial charge in [0.05, 0.1) is 0 Å². The third-order valence-corrected chi connectivity index (χ3v) is 27.2. The summed E-state index contributed by atoms with van der Waals surface area (Å²) in [5, 5.41) is 0. The molecule has 0 saturated carbocycles. The summed E-state index contributed by atoms with van der Waals surface area (Å²) in [5.41, 5.74) is 2.79. The molecule has 0 aromatic carbocycles. The van der Waals surface area contributed by atoms with Gasteiger partial charge in [-0.15, -0.1) is 0 Å². The second-order valence-corrected chi connectivity index (χ2v) is 31.4. The van der Waals surface area contributed by atoms with E-state index in [4.69, 9.17) is 0 Å². The minimum atomic E-state index is -3.05. The molecule has 2 nitrogen and oxygen atoms in total. The predicted molar refractivity (Wildman–Crippen MR) is 145 cm³/mol. The van der Waals surface area contributed by atoms with Gasteiger partial charge in [-0.2, -0.15) is 0 Å². The SMILES string of the molecule is C[Si](C)(C)c1c[c]2c(s1)-c1sc([Si](C)(C)C)c[c]1[Ge]21[c]2cnccc2-c2ccnc[c]21. The maximum atomic E-state index is 4.67. The van der Waals surface area contributed by atoms with Crippen LogP contribution in [0.2, 0.25) is 39.3 Å². The number of nitrogens with zero attached hydrogens (tertiary/aromatic N) is 2. The molecule has 2 aliphatic heterocycles. The molecule has 4 aromatic rings. The molecule has 1 spiro atoms. The number of aromatic nitrogens is 2. The van der Waals surface area contributed by atoms with Crippen LogP contribution in [0.4, 0.5) is 0 Å². The summed E-state index contributed by atoms with van der Waals surface area (Å²) in [6.45, 7) is 14.9. The molecule has 0 fully saturated rings. The quantitative estimate of drug-likeness (QED) is 0.319. The van der Waals surface area contributed by atoms with Crippen molar-refractivity contribution >= 4 is 78.7 Å². The summed E-state index contributed by atoms with van der Waals surface area (Å²) in [4.78, 5) is 12.5. The first-order valence-electron chi connectivity index (χ1n) is 10.8. The fraction of sp³-hybridized carbons (Fsp3) is 0.250. The van der Waals surface area contributed by atoms with Crippen LogP contribution in [0.1, 0.15) is 0 Å². The zero-order valence-electron chi connectivity index (χ0n) is 18.8. The Kier molecular flexibility index (Phi) is 4.18. The number of hydrogen-bond acceptors (Lipinski definition) is 4. The molecule has 0 unspecified atom stereocenters. The van der Waals surface area contributed by atoms with E-state index in [0.29, 0.717) is 0 Å². The van der Waals surface area contributed by atoms with Gasteiger partial charge in [0.1, 0.15) is 0 Å². The van der Waals surface area contributed by atoms with E-state index in [2.05, 4.69) is 109 Å². The van der Waals surface area contributed by atoms with E-state index < -0.39 is 29.4 Å². The Hall–Kier alpha value is -1.32. The van der Waals surface area contributed by atoms with Crippen LogP contribution in [-0.2, 0) is 0 Å². The fourth-order valence-corrected chi connectivity index (χ4v) is 25.7. The average molecular weight is 535 g/mol. The summed E-state index contributed by atoms with van der Waals surface area (Å²) >= 11 is 1.15. The van der Waals surface area contributed by atoms with Crippen molar-refractivity contribution in [3.63, 3.8) is 0 Å². The molecular formula is C24H26GeN2S2Si2. The van der Waals surface area contributed by atoms with E-state index >= 15 is 0 Å². The topological polar surface area (TPSA) is 25.8 Å². The van der Waals surface area contributed by atoms with Crippen LogP contribution >= 0.6 is 22.7 Å². The molecule has 156 valence electrons. The molecule has 0 bridgehead atoms. The van der Waals surface area contributed by atoms with Crippen molar-refractivity contribution in [3.8, 4) is 20.9 Å². The van der Waals surface area contributed by atoms with E-state index in [-0.39, 0.29) is 0 Å². The van der Waals surface area contributed by atoms with Crippen molar-refractivity contribution < 1.29 is 0 Å². The van der Waals surface area contributed by atoms with Crippen molar-refractivity contribution in [1.29, 1.82) is 0 Å². The average Bonchev–Trinajstić information content (AvgIpc) is 3.43. The molecule has 4 aromatic heterocycles. The fourth-order valence-electron chi connectivity index (χ4n) is 5.14. The molecule has 31 heavy (non-hydrogen) atoms. The van der Waals surface area contributed by atoms with Crippen molar-refractivity contribution in [2.45, 2.75) is 39.3 Å². The molecule has 6 rings (SSSR count). The third-order valence-electron chi connectivity index (χ3n) is 6.70. The first kappa shape index (κ1) is 20.3. The number of pyridine rings is 2. The Morgan fingerprint density at radius 1 is 0.645 bits per heavy atom. The summed E-state index contributed by atoms with van der Waals surface area (Å²) in [6, 6.07) is 9.74. The number of rotatable bonds is 2. The van der Waals surface area contributed by atoms with Crippen molar-refractivity contribution in [2.24, 2.45) is 0 Å². The number of fused-ring (bicyclic) bond motifs is 10. The maximum absolute atomic E-state index is 4.67. The summed E-state index contributed by atoms with van der Waals surface area (Å²) < 4.78 is 9.63. The monoisotopic (exact) mass is 536 g/mol. The van der Waals surface area contributed by atoms with Crippen molar-refractivity contribution in [2.75, 3.05) is 0 Å². The first-order valence-corrected chi connectivity index (χ1v) is 23.7. The van der Waals surface area contributed by atoms with Gasteiger partial charge in [0, 0.05) is 0 Å². The Bertz CT molecular complexity index is 1270. The number of hydrogen-bond donors (Lipinski definition) is 0. The Morgan fingerprint density at radius 3 is 1.45 bits per heavy atom. The van der Waals surface area contributed by atoms with Crippen LogP contribution in [0.5, 0.6) is 0 Å². The number of thiophene rings is 2. The van der Waals surface area contributed by atoms with Crippen molar-refractivity contribution in [1.82, 2.24) is 9.97 Å². The second kappa shape index (κ2) is 6.38. The minimum absolute atomic E-state index is 1.40. The van der Waals surface area contributed by atoms with Crippen LogP contribution in [0.3, 0.4) is 0 Å². The van der Waals surface area contributed by atoms with E-state index in [9.17, 15) is 0 Å². The normalized spacial score (nSPS) is 15.7. The first-order chi connectivity index (χ1) is 14.6. The van der Waals surface area contributed by atoms with Crippen LogP contribution in [0, 0.1) is 0 Å². The molecule has 2 aliphatic rings. The molecule has 0 saturated heterocycles. The zero-order valence-corrected chi connectivity index (χ0v) is 24.6. The Morgan fingerprint density at radius 2 is 1.06 bits per heavy atom. The van der Waals surface area contributed by atoms with Crippen molar-refractivity contribution in [3.05, 3.63) is 49.1 Å². The summed E-state index contributed by atoms with van der Waals surface area (Å²) in [7, 11) is -2.80. The van der Waals surface area contributed by atoms with E-state index in [1.54, 1.807) is 27.5 Å². The molecular weight excluding hydrogens is 509 g/mol. The molecule has 0 atom stereocenters. The van der Waals surface area contributed by atoms with Gasteiger partial charge < -0.3 is 0 Å². The van der Waals surface area contributed by atoms with Crippen LogP contribution < -0.4 is 26.6 Å². The molecule has 0 amide bonds. The van der Waals surface area contributed by atoms with Gasteiger partial charge in [-0.05, 0) is 0 Å². The van der Waals surface area contributed by atoms with Crippen LogP contribution in [0.15, 0.2) is 49.1 Å². The molecule has 7 heteroatoms. The van der Waals surface area contributed by atoms with E-state index in [1.165, 1.54) is 19.9 Å². The van der Waals surface area contributed by atoms with Crippen LogP contribution in [-0.4, -0.2) is 39.4 Å². The van der Waals surface area contributed by atoms with Gasteiger partial charge >= 0.3 is 198 Å². The molecule has 6 heterocycles. The Balaban J connectivity index is 1.79.